The third-order valence-corrected chi connectivity index (χ3v) is 3.84. The highest BCUT2D eigenvalue weighted by molar-refractivity contribution is 14.1. The van der Waals surface area contributed by atoms with Crippen molar-refractivity contribution in [3.8, 4) is 0 Å². The number of carbonyl (C=O) groups excluding carboxylic acids is 1. The highest BCUT2D eigenvalue weighted by atomic mass is 127. The van der Waals surface area contributed by atoms with E-state index >= 15 is 0 Å². The smallest absolute Gasteiger partial charge is 0.336 e. The Kier molecular flexibility index (Phi) is 2.97. The molecule has 1 fully saturated rings. The standard InChI is InChI=1S/C11H11IO3/c12-7-11(6-9(13)10(14)15-11)8-4-2-1-3-5-8/h1-5,9,13H,6-7H2/t9-,11-/m1/s1. The molecule has 1 aliphatic heterocycles. The summed E-state index contributed by atoms with van der Waals surface area (Å²) in [4.78, 5) is 11.2. The molecule has 0 spiro atoms. The van der Waals surface area contributed by atoms with Crippen molar-refractivity contribution in [3.63, 3.8) is 0 Å². The molecule has 1 saturated heterocycles. The van der Waals surface area contributed by atoms with Crippen molar-refractivity contribution in [2.24, 2.45) is 0 Å². The quantitative estimate of drug-likeness (QED) is 0.512. The lowest BCUT2D eigenvalue weighted by molar-refractivity contribution is -0.152. The normalized spacial score (nSPS) is 30.3. The minimum atomic E-state index is -0.986. The van der Waals surface area contributed by atoms with Gasteiger partial charge >= 0.3 is 5.97 Å². The summed E-state index contributed by atoms with van der Waals surface area (Å²) in [6.07, 6.45) is -0.640. The zero-order valence-corrected chi connectivity index (χ0v) is 10.2. The fourth-order valence-electron chi connectivity index (χ4n) is 1.78. The Morgan fingerprint density at radius 2 is 2.13 bits per heavy atom. The first kappa shape index (κ1) is 10.9. The average molecular weight is 318 g/mol. The topological polar surface area (TPSA) is 46.5 Å². The molecular weight excluding hydrogens is 307 g/mol. The maximum absolute atomic E-state index is 11.2. The number of halogens is 1. The lowest BCUT2D eigenvalue weighted by Crippen LogP contribution is -2.27. The highest BCUT2D eigenvalue weighted by Crippen LogP contribution is 2.38. The van der Waals surface area contributed by atoms with Crippen LogP contribution in [0.4, 0.5) is 0 Å². The molecule has 1 heterocycles. The van der Waals surface area contributed by atoms with Crippen molar-refractivity contribution in [1.82, 2.24) is 0 Å². The summed E-state index contributed by atoms with van der Waals surface area (Å²) in [7, 11) is 0. The molecule has 15 heavy (non-hydrogen) atoms. The lowest BCUT2D eigenvalue weighted by atomic mass is 9.92. The molecule has 0 aliphatic carbocycles. The first-order valence-corrected chi connectivity index (χ1v) is 6.23. The Hall–Kier alpha value is -0.620. The molecule has 0 unspecified atom stereocenters. The predicted octanol–water partition coefficient (Wildman–Crippen LogP) is 1.62. The molecule has 80 valence electrons. The van der Waals surface area contributed by atoms with Gasteiger partial charge in [0.15, 0.2) is 6.10 Å². The van der Waals surface area contributed by atoms with Crippen molar-refractivity contribution < 1.29 is 14.6 Å². The van der Waals surface area contributed by atoms with E-state index in [9.17, 15) is 9.90 Å². The van der Waals surface area contributed by atoms with Crippen LogP contribution in [0.5, 0.6) is 0 Å². The van der Waals surface area contributed by atoms with Gasteiger partial charge in [-0.25, -0.2) is 4.79 Å². The van der Waals surface area contributed by atoms with E-state index in [-0.39, 0.29) is 0 Å². The number of alkyl halides is 1. The van der Waals surface area contributed by atoms with E-state index in [0.717, 1.165) is 5.56 Å². The lowest BCUT2D eigenvalue weighted by Gasteiger charge is -2.25. The fraction of sp³-hybridized carbons (Fsp3) is 0.364. The van der Waals surface area contributed by atoms with Gasteiger partial charge in [0.25, 0.3) is 0 Å². The van der Waals surface area contributed by atoms with Gasteiger partial charge in [-0.15, -0.1) is 0 Å². The third kappa shape index (κ3) is 1.88. The maximum atomic E-state index is 11.2. The van der Waals surface area contributed by atoms with Gasteiger partial charge in [0.2, 0.25) is 0 Å². The number of ether oxygens (including phenoxy) is 1. The van der Waals surface area contributed by atoms with Crippen LogP contribution in [0, 0.1) is 0 Å². The average Bonchev–Trinajstić information content (AvgIpc) is 2.57. The Labute approximate surface area is 102 Å². The molecule has 2 rings (SSSR count). The number of benzene rings is 1. The largest absolute Gasteiger partial charge is 0.451 e. The molecule has 1 aromatic rings. The van der Waals surface area contributed by atoms with Crippen LogP contribution in [0.1, 0.15) is 12.0 Å². The first-order valence-electron chi connectivity index (χ1n) is 4.70. The van der Waals surface area contributed by atoms with E-state index in [4.69, 9.17) is 4.74 Å². The summed E-state index contributed by atoms with van der Waals surface area (Å²) >= 11 is 2.18. The SMILES string of the molecule is O=C1O[C@](CI)(c2ccccc2)C[C@H]1O. The van der Waals surface area contributed by atoms with Gasteiger partial charge in [0, 0.05) is 10.8 Å². The van der Waals surface area contributed by atoms with E-state index in [1.165, 1.54) is 0 Å². The zero-order chi connectivity index (χ0) is 10.9. The number of carbonyl (C=O) groups is 1. The number of aliphatic hydroxyl groups excluding tert-OH is 1. The second kappa shape index (κ2) is 4.09. The molecule has 2 atom stereocenters. The van der Waals surface area contributed by atoms with Gasteiger partial charge in [-0.05, 0) is 5.56 Å². The second-order valence-electron chi connectivity index (χ2n) is 3.63. The van der Waals surface area contributed by atoms with Crippen LogP contribution in [0.25, 0.3) is 0 Å². The number of rotatable bonds is 2. The summed E-state index contributed by atoms with van der Waals surface area (Å²) < 4.78 is 5.95. The number of aliphatic hydroxyl groups is 1. The Bertz CT molecular complexity index is 365. The molecule has 1 N–H and O–H groups in total. The van der Waals surface area contributed by atoms with Gasteiger partial charge in [-0.2, -0.15) is 0 Å². The molecule has 0 bridgehead atoms. The van der Waals surface area contributed by atoms with Crippen molar-refractivity contribution in [3.05, 3.63) is 35.9 Å². The monoisotopic (exact) mass is 318 g/mol. The molecule has 3 nitrogen and oxygen atoms in total. The molecule has 0 amide bonds. The van der Waals surface area contributed by atoms with Crippen molar-refractivity contribution in [1.29, 1.82) is 0 Å². The molecule has 0 aromatic heterocycles. The molecular formula is C11H11IO3. The Balaban J connectivity index is 2.36. The number of hydrogen-bond acceptors (Lipinski definition) is 3. The van der Waals surface area contributed by atoms with E-state index in [1.807, 2.05) is 30.3 Å². The van der Waals surface area contributed by atoms with Crippen LogP contribution < -0.4 is 0 Å². The molecule has 4 heteroatoms. The first-order chi connectivity index (χ1) is 7.18. The van der Waals surface area contributed by atoms with Crippen LogP contribution in [-0.2, 0) is 15.1 Å². The van der Waals surface area contributed by atoms with Gasteiger partial charge in [0.05, 0.1) is 0 Å². The molecule has 0 saturated carbocycles. The zero-order valence-electron chi connectivity index (χ0n) is 8.02. The Morgan fingerprint density at radius 1 is 1.47 bits per heavy atom. The van der Waals surface area contributed by atoms with E-state index < -0.39 is 17.7 Å². The van der Waals surface area contributed by atoms with Gasteiger partial charge in [0.1, 0.15) is 5.60 Å². The van der Waals surface area contributed by atoms with Crippen molar-refractivity contribution >= 4 is 28.6 Å². The van der Waals surface area contributed by atoms with Crippen LogP contribution >= 0.6 is 22.6 Å². The number of esters is 1. The molecule has 0 radical (unpaired) electrons. The summed E-state index contributed by atoms with van der Waals surface area (Å²) in [5.41, 5.74) is 0.308. The predicted molar refractivity (Wildman–Crippen MR) is 63.7 cm³/mol. The number of hydrogen-bond donors (Lipinski definition) is 1. The fourth-order valence-corrected chi connectivity index (χ4v) is 2.68. The van der Waals surface area contributed by atoms with E-state index in [0.29, 0.717) is 10.8 Å². The van der Waals surface area contributed by atoms with Crippen molar-refractivity contribution in [2.75, 3.05) is 4.43 Å². The molecule has 1 aromatic carbocycles. The van der Waals surface area contributed by atoms with E-state index in [2.05, 4.69) is 22.6 Å². The number of cyclic esters (lactones) is 1. The highest BCUT2D eigenvalue weighted by Gasteiger charge is 2.46. The second-order valence-corrected chi connectivity index (χ2v) is 4.40. The maximum Gasteiger partial charge on any atom is 0.336 e. The minimum absolute atomic E-state index is 0.346. The van der Waals surface area contributed by atoms with Crippen LogP contribution in [-0.4, -0.2) is 21.6 Å². The van der Waals surface area contributed by atoms with Crippen LogP contribution in [0.3, 0.4) is 0 Å². The third-order valence-electron chi connectivity index (χ3n) is 2.61. The van der Waals surface area contributed by atoms with Crippen LogP contribution in [0.2, 0.25) is 0 Å². The van der Waals surface area contributed by atoms with Gasteiger partial charge in [-0.3, -0.25) is 0 Å². The van der Waals surface area contributed by atoms with Crippen LogP contribution in [0.15, 0.2) is 30.3 Å². The van der Waals surface area contributed by atoms with Gasteiger partial charge < -0.3 is 9.84 Å². The van der Waals surface area contributed by atoms with E-state index in [1.54, 1.807) is 0 Å². The Morgan fingerprint density at radius 3 is 2.60 bits per heavy atom. The van der Waals surface area contributed by atoms with Gasteiger partial charge in [-0.1, -0.05) is 52.9 Å². The summed E-state index contributed by atoms with van der Waals surface area (Å²) in [5.74, 6) is -0.518. The summed E-state index contributed by atoms with van der Waals surface area (Å²) in [5, 5.41) is 9.45. The van der Waals surface area contributed by atoms with Crippen molar-refractivity contribution in [2.45, 2.75) is 18.1 Å². The summed E-state index contributed by atoms with van der Waals surface area (Å²) in [6.45, 7) is 0. The minimum Gasteiger partial charge on any atom is -0.451 e. The summed E-state index contributed by atoms with van der Waals surface area (Å²) in [6, 6.07) is 9.56. The molecule has 1 aliphatic rings.